The highest BCUT2D eigenvalue weighted by molar-refractivity contribution is 9.10. The van der Waals surface area contributed by atoms with Crippen LogP contribution in [-0.4, -0.2) is 9.97 Å². The van der Waals surface area contributed by atoms with Crippen molar-refractivity contribution in [1.82, 2.24) is 9.97 Å². The Morgan fingerprint density at radius 2 is 2.00 bits per heavy atom. The molecule has 1 aromatic heterocycles. The van der Waals surface area contributed by atoms with Gasteiger partial charge in [0.25, 0.3) is 0 Å². The van der Waals surface area contributed by atoms with Gasteiger partial charge in [-0.1, -0.05) is 30.1 Å². The van der Waals surface area contributed by atoms with E-state index in [2.05, 4.69) is 25.9 Å². The van der Waals surface area contributed by atoms with E-state index in [0.29, 0.717) is 33.1 Å². The molecule has 1 heterocycles. The van der Waals surface area contributed by atoms with Gasteiger partial charge in [0.1, 0.15) is 11.0 Å². The van der Waals surface area contributed by atoms with Gasteiger partial charge in [-0.15, -0.1) is 0 Å². The van der Waals surface area contributed by atoms with E-state index >= 15 is 0 Å². The molecule has 0 atom stereocenters. The van der Waals surface area contributed by atoms with E-state index in [-0.39, 0.29) is 5.02 Å². The van der Waals surface area contributed by atoms with Crippen molar-refractivity contribution in [2.45, 2.75) is 19.8 Å². The van der Waals surface area contributed by atoms with Crippen molar-refractivity contribution in [2.75, 3.05) is 0 Å². The Bertz CT molecular complexity index is 620. The largest absolute Gasteiger partial charge is 0.233 e. The minimum absolute atomic E-state index is 0.0317. The second-order valence-electron chi connectivity index (χ2n) is 3.97. The first-order valence-corrected chi connectivity index (χ1v) is 7.25. The van der Waals surface area contributed by atoms with E-state index in [1.807, 2.05) is 6.92 Å². The van der Waals surface area contributed by atoms with Gasteiger partial charge in [-0.2, -0.15) is 0 Å². The summed E-state index contributed by atoms with van der Waals surface area (Å²) in [5, 5.41) is 0.330. The number of hydrogen-bond donors (Lipinski definition) is 0. The molecule has 100 valence electrons. The molecule has 6 heteroatoms. The zero-order valence-corrected chi connectivity index (χ0v) is 13.2. The van der Waals surface area contributed by atoms with E-state index in [1.54, 1.807) is 12.1 Å². The topological polar surface area (TPSA) is 25.8 Å². The van der Waals surface area contributed by atoms with Gasteiger partial charge in [0.05, 0.1) is 10.7 Å². The zero-order valence-electron chi connectivity index (χ0n) is 10.1. The molecule has 0 radical (unpaired) electrons. The molecule has 0 bridgehead atoms. The summed E-state index contributed by atoms with van der Waals surface area (Å²) in [4.78, 5) is 8.42. The molecule has 2 aromatic rings. The summed E-state index contributed by atoms with van der Waals surface area (Å²) in [6.45, 7) is 2.01. The van der Waals surface area contributed by atoms with Gasteiger partial charge < -0.3 is 0 Å². The van der Waals surface area contributed by atoms with Crippen LogP contribution in [0.2, 0.25) is 10.2 Å². The first-order chi connectivity index (χ1) is 9.02. The SMILES string of the molecule is CCCc1nc(Cl)cc(-c2ccc(Br)c(Cl)c2F)n1. The minimum Gasteiger partial charge on any atom is -0.233 e. The quantitative estimate of drug-likeness (QED) is 0.545. The maximum atomic E-state index is 14.1. The molecular weight excluding hydrogens is 354 g/mol. The fraction of sp³-hybridized carbons (Fsp3) is 0.231. The van der Waals surface area contributed by atoms with E-state index < -0.39 is 5.82 Å². The minimum atomic E-state index is -0.520. The molecule has 0 N–H and O–H groups in total. The predicted molar refractivity (Wildman–Crippen MR) is 79.1 cm³/mol. The van der Waals surface area contributed by atoms with Crippen LogP contribution in [0.3, 0.4) is 0 Å². The van der Waals surface area contributed by atoms with Crippen LogP contribution in [0.4, 0.5) is 4.39 Å². The Balaban J connectivity index is 2.55. The molecule has 0 fully saturated rings. The fourth-order valence-electron chi connectivity index (χ4n) is 1.66. The highest BCUT2D eigenvalue weighted by Gasteiger charge is 2.14. The maximum Gasteiger partial charge on any atom is 0.152 e. The van der Waals surface area contributed by atoms with E-state index in [4.69, 9.17) is 23.2 Å². The normalized spacial score (nSPS) is 10.8. The number of aryl methyl sites for hydroxylation is 1. The monoisotopic (exact) mass is 362 g/mol. The molecule has 0 saturated carbocycles. The molecule has 2 nitrogen and oxygen atoms in total. The molecule has 19 heavy (non-hydrogen) atoms. The van der Waals surface area contributed by atoms with Gasteiger partial charge >= 0.3 is 0 Å². The Morgan fingerprint density at radius 1 is 1.26 bits per heavy atom. The van der Waals surface area contributed by atoms with Crippen molar-refractivity contribution < 1.29 is 4.39 Å². The molecule has 0 spiro atoms. The third-order valence-corrected chi connectivity index (χ3v) is 3.98. The highest BCUT2D eigenvalue weighted by Crippen LogP contribution is 2.32. The smallest absolute Gasteiger partial charge is 0.152 e. The van der Waals surface area contributed by atoms with Crippen LogP contribution in [0.15, 0.2) is 22.7 Å². The van der Waals surface area contributed by atoms with Crippen molar-refractivity contribution in [3.63, 3.8) is 0 Å². The number of rotatable bonds is 3. The van der Waals surface area contributed by atoms with Gasteiger partial charge in [-0.25, -0.2) is 14.4 Å². The van der Waals surface area contributed by atoms with Crippen molar-refractivity contribution in [3.8, 4) is 11.3 Å². The highest BCUT2D eigenvalue weighted by atomic mass is 79.9. The Kier molecular flexibility index (Phi) is 4.76. The predicted octanol–water partition coefficient (Wildman–Crippen LogP) is 5.30. The van der Waals surface area contributed by atoms with Crippen LogP contribution >= 0.6 is 39.1 Å². The summed E-state index contributed by atoms with van der Waals surface area (Å²) in [5.41, 5.74) is 0.755. The average molecular weight is 364 g/mol. The molecule has 1 aromatic carbocycles. The lowest BCUT2D eigenvalue weighted by Gasteiger charge is -2.07. The number of aromatic nitrogens is 2. The van der Waals surface area contributed by atoms with E-state index in [1.165, 1.54) is 6.07 Å². The summed E-state index contributed by atoms with van der Waals surface area (Å²) in [7, 11) is 0. The van der Waals surface area contributed by atoms with E-state index in [0.717, 1.165) is 6.42 Å². The lowest BCUT2D eigenvalue weighted by Crippen LogP contribution is -1.98. The standard InChI is InChI=1S/C13H10BrCl2FN2/c1-2-3-11-18-9(6-10(15)19-11)7-4-5-8(14)12(16)13(7)17/h4-6H,2-3H2,1H3. The van der Waals surface area contributed by atoms with E-state index in [9.17, 15) is 4.39 Å². The Hall–Kier alpha value is -0.710. The number of halogens is 4. The third kappa shape index (κ3) is 3.25. The zero-order chi connectivity index (χ0) is 14.0. The van der Waals surface area contributed by atoms with Crippen molar-refractivity contribution >= 4 is 39.1 Å². The van der Waals surface area contributed by atoms with Crippen molar-refractivity contribution in [2.24, 2.45) is 0 Å². The first kappa shape index (κ1) is 14.7. The van der Waals surface area contributed by atoms with Crippen LogP contribution in [0.25, 0.3) is 11.3 Å². The molecule has 0 aliphatic rings. The van der Waals surface area contributed by atoms with Crippen molar-refractivity contribution in [3.05, 3.63) is 44.5 Å². The van der Waals surface area contributed by atoms with Crippen LogP contribution < -0.4 is 0 Å². The summed E-state index contributed by atoms with van der Waals surface area (Å²) in [5.74, 6) is 0.0803. The molecule has 0 unspecified atom stereocenters. The second kappa shape index (κ2) is 6.16. The van der Waals surface area contributed by atoms with Crippen LogP contribution in [0, 0.1) is 5.82 Å². The average Bonchev–Trinajstić information content (AvgIpc) is 2.36. The van der Waals surface area contributed by atoms with Crippen LogP contribution in [0.5, 0.6) is 0 Å². The molecule has 0 aliphatic carbocycles. The van der Waals surface area contributed by atoms with Gasteiger partial charge in [0.2, 0.25) is 0 Å². The Morgan fingerprint density at radius 3 is 2.68 bits per heavy atom. The van der Waals surface area contributed by atoms with Crippen LogP contribution in [-0.2, 0) is 6.42 Å². The summed E-state index contributed by atoms with van der Waals surface area (Å²) in [6, 6.07) is 4.82. The first-order valence-electron chi connectivity index (χ1n) is 5.70. The number of hydrogen-bond acceptors (Lipinski definition) is 2. The van der Waals surface area contributed by atoms with Gasteiger partial charge in [0, 0.05) is 22.5 Å². The molecule has 0 amide bonds. The molecule has 2 rings (SSSR count). The van der Waals surface area contributed by atoms with Gasteiger partial charge in [-0.05, 0) is 34.5 Å². The molecule has 0 saturated heterocycles. The summed E-state index contributed by atoms with van der Waals surface area (Å²) in [6.07, 6.45) is 1.59. The number of benzene rings is 1. The summed E-state index contributed by atoms with van der Waals surface area (Å²) < 4.78 is 14.6. The lowest BCUT2D eigenvalue weighted by molar-refractivity contribution is 0.630. The number of nitrogens with zero attached hydrogens (tertiary/aromatic N) is 2. The molecular formula is C13H10BrCl2FN2. The third-order valence-electron chi connectivity index (χ3n) is 2.53. The van der Waals surface area contributed by atoms with Gasteiger partial charge in [0.15, 0.2) is 5.82 Å². The van der Waals surface area contributed by atoms with Crippen LogP contribution in [0.1, 0.15) is 19.2 Å². The van der Waals surface area contributed by atoms with Gasteiger partial charge in [-0.3, -0.25) is 0 Å². The lowest BCUT2D eigenvalue weighted by atomic mass is 10.1. The fourth-order valence-corrected chi connectivity index (χ4v) is 2.33. The second-order valence-corrected chi connectivity index (χ2v) is 5.58. The summed E-state index contributed by atoms with van der Waals surface area (Å²) >= 11 is 15.0. The Labute approximate surface area is 129 Å². The van der Waals surface area contributed by atoms with Crippen molar-refractivity contribution in [1.29, 1.82) is 0 Å². The maximum absolute atomic E-state index is 14.1. The molecule has 0 aliphatic heterocycles.